The van der Waals surface area contributed by atoms with Crippen molar-refractivity contribution in [3.05, 3.63) is 57.6 Å². The van der Waals surface area contributed by atoms with E-state index in [0.29, 0.717) is 30.3 Å². The van der Waals surface area contributed by atoms with E-state index in [4.69, 9.17) is 4.74 Å². The second-order valence-electron chi connectivity index (χ2n) is 5.71. The first-order chi connectivity index (χ1) is 11.4. The van der Waals surface area contributed by atoms with Gasteiger partial charge in [0.25, 0.3) is 5.56 Å². The van der Waals surface area contributed by atoms with Crippen molar-refractivity contribution in [1.82, 2.24) is 9.97 Å². The molecule has 0 aliphatic carbocycles. The zero-order valence-electron chi connectivity index (χ0n) is 12.9. The molecule has 0 spiro atoms. The van der Waals surface area contributed by atoms with Gasteiger partial charge in [-0.1, -0.05) is 18.2 Å². The average molecular weight is 339 g/mol. The minimum atomic E-state index is -4.34. The molecule has 0 unspecified atom stereocenters. The van der Waals surface area contributed by atoms with Gasteiger partial charge in [0.05, 0.1) is 5.56 Å². The molecule has 0 amide bonds. The van der Waals surface area contributed by atoms with E-state index in [1.54, 1.807) is 6.07 Å². The van der Waals surface area contributed by atoms with Crippen LogP contribution in [0.25, 0.3) is 0 Å². The van der Waals surface area contributed by atoms with Crippen LogP contribution in [0.1, 0.15) is 22.9 Å². The molecule has 0 atom stereocenters. The molecule has 0 radical (unpaired) electrons. The minimum Gasteiger partial charge on any atom is -0.377 e. The number of halogens is 3. The number of aromatic amines is 1. The number of benzene rings is 1. The molecule has 2 heterocycles. The van der Waals surface area contributed by atoms with E-state index in [2.05, 4.69) is 9.97 Å². The number of hydrogen-bond acceptors (Lipinski definition) is 4. The van der Waals surface area contributed by atoms with E-state index in [1.165, 1.54) is 25.3 Å². The molecular weight excluding hydrogens is 323 g/mol. The maximum Gasteiger partial charge on any atom is 0.416 e. The predicted molar refractivity (Wildman–Crippen MR) is 82.0 cm³/mol. The fourth-order valence-electron chi connectivity index (χ4n) is 2.71. The normalized spacial score (nSPS) is 15.4. The molecular formula is C16H16F3N3O2. The molecule has 1 N–H and O–H groups in total. The lowest BCUT2D eigenvalue weighted by Crippen LogP contribution is -2.46. The summed E-state index contributed by atoms with van der Waals surface area (Å²) in [6.07, 6.45) is -4.34. The number of ether oxygens (including phenoxy) is 1. The summed E-state index contributed by atoms with van der Waals surface area (Å²) in [4.78, 5) is 20.4. The van der Waals surface area contributed by atoms with E-state index in [1.807, 2.05) is 4.90 Å². The zero-order chi connectivity index (χ0) is 17.3. The quantitative estimate of drug-likeness (QED) is 0.930. The second-order valence-corrected chi connectivity index (χ2v) is 5.71. The van der Waals surface area contributed by atoms with Crippen LogP contribution in [0, 0.1) is 0 Å². The largest absolute Gasteiger partial charge is 0.416 e. The molecule has 1 aliphatic rings. The molecule has 24 heavy (non-hydrogen) atoms. The van der Waals surface area contributed by atoms with Crippen molar-refractivity contribution in [1.29, 1.82) is 0 Å². The number of methoxy groups -OCH3 is 1. The van der Waals surface area contributed by atoms with Gasteiger partial charge in [0, 0.05) is 32.2 Å². The van der Waals surface area contributed by atoms with Gasteiger partial charge in [-0.05, 0) is 11.6 Å². The van der Waals surface area contributed by atoms with Crippen molar-refractivity contribution in [3.8, 4) is 0 Å². The van der Waals surface area contributed by atoms with Crippen molar-refractivity contribution in [2.24, 2.45) is 0 Å². The van der Waals surface area contributed by atoms with Crippen LogP contribution in [-0.2, 0) is 17.5 Å². The third kappa shape index (κ3) is 3.43. The van der Waals surface area contributed by atoms with Gasteiger partial charge in [-0.3, -0.25) is 4.79 Å². The standard InChI is InChI=1S/C16H16F3N3O2/c1-24-9-13-20-14(6-15(23)21-13)22-7-11(8-22)10-3-2-4-12(5-10)16(17,18)19/h2-6,11H,7-9H2,1H3,(H,20,21,23). The van der Waals surface area contributed by atoms with Gasteiger partial charge < -0.3 is 14.6 Å². The van der Waals surface area contributed by atoms with Crippen molar-refractivity contribution in [2.45, 2.75) is 18.7 Å². The Morgan fingerprint density at radius 1 is 1.33 bits per heavy atom. The Kier molecular flexibility index (Phi) is 4.31. The lowest BCUT2D eigenvalue weighted by atomic mass is 9.90. The van der Waals surface area contributed by atoms with E-state index in [-0.39, 0.29) is 18.1 Å². The summed E-state index contributed by atoms with van der Waals surface area (Å²) in [7, 11) is 1.50. The van der Waals surface area contributed by atoms with Gasteiger partial charge in [-0.2, -0.15) is 13.2 Å². The molecule has 0 saturated carbocycles. The summed E-state index contributed by atoms with van der Waals surface area (Å²) in [6, 6.07) is 6.74. The fraction of sp³-hybridized carbons (Fsp3) is 0.375. The van der Waals surface area contributed by atoms with Gasteiger partial charge >= 0.3 is 6.18 Å². The number of aromatic nitrogens is 2. The number of H-pyrrole nitrogens is 1. The topological polar surface area (TPSA) is 58.2 Å². The lowest BCUT2D eigenvalue weighted by Gasteiger charge is -2.40. The molecule has 1 aromatic heterocycles. The van der Waals surface area contributed by atoms with Crippen LogP contribution in [0.2, 0.25) is 0 Å². The summed E-state index contributed by atoms with van der Waals surface area (Å²) in [5.74, 6) is 0.913. The first kappa shape index (κ1) is 16.5. The van der Waals surface area contributed by atoms with Crippen LogP contribution in [0.4, 0.5) is 19.0 Å². The maximum absolute atomic E-state index is 12.8. The zero-order valence-corrected chi connectivity index (χ0v) is 12.9. The van der Waals surface area contributed by atoms with Crippen molar-refractivity contribution < 1.29 is 17.9 Å². The highest BCUT2D eigenvalue weighted by Gasteiger charge is 2.34. The van der Waals surface area contributed by atoms with E-state index in [9.17, 15) is 18.0 Å². The van der Waals surface area contributed by atoms with Crippen LogP contribution in [0.15, 0.2) is 35.1 Å². The van der Waals surface area contributed by atoms with Crippen molar-refractivity contribution in [2.75, 3.05) is 25.1 Å². The Labute approximate surface area is 136 Å². The van der Waals surface area contributed by atoms with Crippen molar-refractivity contribution >= 4 is 5.82 Å². The molecule has 1 fully saturated rings. The van der Waals surface area contributed by atoms with Crippen LogP contribution < -0.4 is 10.5 Å². The predicted octanol–water partition coefficient (Wildman–Crippen LogP) is 2.54. The second kappa shape index (κ2) is 6.27. The average Bonchev–Trinajstić information content (AvgIpc) is 2.45. The molecule has 8 heteroatoms. The van der Waals surface area contributed by atoms with E-state index in [0.717, 1.165) is 6.07 Å². The summed E-state index contributed by atoms with van der Waals surface area (Å²) in [5.41, 5.74) is -0.285. The first-order valence-corrected chi connectivity index (χ1v) is 7.38. The van der Waals surface area contributed by atoms with E-state index < -0.39 is 11.7 Å². The summed E-state index contributed by atoms with van der Waals surface area (Å²) in [6.45, 7) is 1.22. The molecule has 128 valence electrons. The number of nitrogens with zero attached hydrogens (tertiary/aromatic N) is 2. The molecule has 5 nitrogen and oxygen atoms in total. The highest BCUT2D eigenvalue weighted by atomic mass is 19.4. The maximum atomic E-state index is 12.8. The molecule has 1 aliphatic heterocycles. The number of rotatable bonds is 4. The van der Waals surface area contributed by atoms with Crippen LogP contribution in [-0.4, -0.2) is 30.2 Å². The Morgan fingerprint density at radius 2 is 2.08 bits per heavy atom. The van der Waals surface area contributed by atoms with Crippen molar-refractivity contribution in [3.63, 3.8) is 0 Å². The number of nitrogens with one attached hydrogen (secondary N) is 1. The first-order valence-electron chi connectivity index (χ1n) is 7.38. The fourth-order valence-corrected chi connectivity index (χ4v) is 2.71. The number of anilines is 1. The van der Waals surface area contributed by atoms with Gasteiger partial charge in [-0.25, -0.2) is 4.98 Å². The monoisotopic (exact) mass is 339 g/mol. The SMILES string of the molecule is COCc1nc(N2CC(c3cccc(C(F)(F)F)c3)C2)cc(=O)[nH]1. The molecule has 1 aromatic carbocycles. The van der Waals surface area contributed by atoms with Gasteiger partial charge in [0.2, 0.25) is 0 Å². The van der Waals surface area contributed by atoms with E-state index >= 15 is 0 Å². The Bertz CT molecular complexity index is 783. The summed E-state index contributed by atoms with van der Waals surface area (Å²) < 4.78 is 43.3. The molecule has 2 aromatic rings. The summed E-state index contributed by atoms with van der Waals surface area (Å²) >= 11 is 0. The number of hydrogen-bond donors (Lipinski definition) is 1. The highest BCUT2D eigenvalue weighted by molar-refractivity contribution is 5.45. The lowest BCUT2D eigenvalue weighted by molar-refractivity contribution is -0.137. The van der Waals surface area contributed by atoms with Crippen LogP contribution in [0.3, 0.4) is 0 Å². The third-order valence-corrected chi connectivity index (χ3v) is 3.95. The van der Waals surface area contributed by atoms with Crippen LogP contribution >= 0.6 is 0 Å². The molecule has 1 saturated heterocycles. The Morgan fingerprint density at radius 3 is 2.75 bits per heavy atom. The Hall–Kier alpha value is -2.35. The summed E-state index contributed by atoms with van der Waals surface area (Å²) in [5, 5.41) is 0. The molecule has 3 rings (SSSR count). The highest BCUT2D eigenvalue weighted by Crippen LogP contribution is 2.34. The van der Waals surface area contributed by atoms with Gasteiger partial charge in [0.1, 0.15) is 18.2 Å². The van der Waals surface area contributed by atoms with Gasteiger partial charge in [-0.15, -0.1) is 0 Å². The minimum absolute atomic E-state index is 0.0146. The van der Waals surface area contributed by atoms with Crippen LogP contribution in [0.5, 0.6) is 0 Å². The molecule has 0 bridgehead atoms. The Balaban J connectivity index is 1.73. The smallest absolute Gasteiger partial charge is 0.377 e. The third-order valence-electron chi connectivity index (χ3n) is 3.95. The van der Waals surface area contributed by atoms with Gasteiger partial charge in [0.15, 0.2) is 0 Å². The number of alkyl halides is 3.